The second-order valence-electron chi connectivity index (χ2n) is 5.01. The van der Waals surface area contributed by atoms with Crippen LogP contribution in [0.3, 0.4) is 0 Å². The molecule has 1 saturated carbocycles. The molecule has 0 amide bonds. The molecule has 1 heterocycles. The van der Waals surface area contributed by atoms with Crippen LogP contribution in [0.25, 0.3) is 0 Å². The number of nitrogens with zero attached hydrogens (tertiary/aromatic N) is 1. The fourth-order valence-corrected chi connectivity index (χ4v) is 3.81. The molecule has 98 valence electrons. The minimum atomic E-state index is 0.428. The summed E-state index contributed by atoms with van der Waals surface area (Å²) >= 11 is 9.65. The summed E-state index contributed by atoms with van der Waals surface area (Å²) in [7, 11) is 0. The normalized spacial score (nSPS) is 27.3. The third-order valence-electron chi connectivity index (χ3n) is 3.98. The number of rotatable bonds is 2. The minimum absolute atomic E-state index is 0.428. The Kier molecular flexibility index (Phi) is 3.83. The van der Waals surface area contributed by atoms with E-state index in [9.17, 15) is 0 Å². The summed E-state index contributed by atoms with van der Waals surface area (Å²) in [6.07, 6.45) is 4.16. The van der Waals surface area contributed by atoms with Crippen LogP contribution in [0.15, 0.2) is 18.2 Å². The minimum Gasteiger partial charge on any atom is -0.374 e. The van der Waals surface area contributed by atoms with Crippen LogP contribution in [-0.2, 0) is 10.1 Å². The molecule has 1 aliphatic heterocycles. The first-order valence-electron chi connectivity index (χ1n) is 6.52. The maximum absolute atomic E-state index is 6.08. The molecule has 1 saturated heterocycles. The highest BCUT2D eigenvalue weighted by molar-refractivity contribution is 9.08. The summed E-state index contributed by atoms with van der Waals surface area (Å²) in [5.41, 5.74) is 2.59. The van der Waals surface area contributed by atoms with E-state index in [1.54, 1.807) is 0 Å². The fourth-order valence-electron chi connectivity index (χ4n) is 3.17. The maximum atomic E-state index is 6.08. The van der Waals surface area contributed by atoms with Crippen molar-refractivity contribution >= 4 is 33.2 Å². The molecule has 1 aliphatic carbocycles. The van der Waals surface area contributed by atoms with Gasteiger partial charge in [-0.3, -0.25) is 0 Å². The predicted molar refractivity (Wildman–Crippen MR) is 78.8 cm³/mol. The van der Waals surface area contributed by atoms with Gasteiger partial charge in [-0.05, 0) is 43.0 Å². The van der Waals surface area contributed by atoms with E-state index < -0.39 is 0 Å². The van der Waals surface area contributed by atoms with Gasteiger partial charge in [0, 0.05) is 22.6 Å². The lowest BCUT2D eigenvalue weighted by Gasteiger charge is -2.40. The lowest BCUT2D eigenvalue weighted by Crippen LogP contribution is -2.49. The number of benzene rings is 1. The molecule has 1 aromatic rings. The number of halogens is 2. The molecule has 3 rings (SSSR count). The highest BCUT2D eigenvalue weighted by Crippen LogP contribution is 2.36. The van der Waals surface area contributed by atoms with E-state index in [2.05, 4.69) is 33.0 Å². The topological polar surface area (TPSA) is 12.5 Å². The highest BCUT2D eigenvalue weighted by atomic mass is 79.9. The van der Waals surface area contributed by atoms with Gasteiger partial charge in [0.15, 0.2) is 0 Å². The maximum Gasteiger partial charge on any atom is 0.0779 e. The summed E-state index contributed by atoms with van der Waals surface area (Å²) in [5, 5.41) is 1.65. The predicted octanol–water partition coefficient (Wildman–Crippen LogP) is 3.99. The molecule has 2 unspecified atom stereocenters. The highest BCUT2D eigenvalue weighted by Gasteiger charge is 2.36. The molecule has 2 fully saturated rings. The Balaban J connectivity index is 1.93. The van der Waals surface area contributed by atoms with E-state index in [-0.39, 0.29) is 0 Å². The van der Waals surface area contributed by atoms with Gasteiger partial charge in [0.05, 0.1) is 18.8 Å². The number of morpholine rings is 1. The number of ether oxygens (including phenoxy) is 1. The molecule has 4 heteroatoms. The van der Waals surface area contributed by atoms with Crippen LogP contribution < -0.4 is 4.90 Å². The lowest BCUT2D eigenvalue weighted by atomic mass is 10.1. The molecule has 0 bridgehead atoms. The van der Waals surface area contributed by atoms with Crippen molar-refractivity contribution in [3.8, 4) is 0 Å². The molecule has 18 heavy (non-hydrogen) atoms. The molecule has 2 atom stereocenters. The standard InChI is InChI=1S/C14H17BrClNO/c15-9-10-8-11(16)4-5-12(10)17-6-7-18-14-3-1-2-13(14)17/h4-5,8,13-14H,1-3,6-7,9H2. The number of hydrogen-bond donors (Lipinski definition) is 0. The lowest BCUT2D eigenvalue weighted by molar-refractivity contribution is 0.0256. The van der Waals surface area contributed by atoms with Crippen molar-refractivity contribution in [3.05, 3.63) is 28.8 Å². The third kappa shape index (κ3) is 2.28. The molecule has 0 N–H and O–H groups in total. The summed E-state index contributed by atoms with van der Waals surface area (Å²) in [6, 6.07) is 6.75. The Morgan fingerprint density at radius 2 is 2.28 bits per heavy atom. The Hall–Kier alpha value is -0.250. The average molecular weight is 331 g/mol. The van der Waals surface area contributed by atoms with Crippen LogP contribution in [0.1, 0.15) is 24.8 Å². The number of anilines is 1. The zero-order valence-electron chi connectivity index (χ0n) is 10.2. The van der Waals surface area contributed by atoms with Crippen molar-refractivity contribution in [2.75, 3.05) is 18.1 Å². The SMILES string of the molecule is Clc1ccc(N2CCOC3CCCC32)c(CBr)c1. The van der Waals surface area contributed by atoms with E-state index in [1.807, 2.05) is 6.07 Å². The van der Waals surface area contributed by atoms with Crippen LogP contribution in [0.2, 0.25) is 5.02 Å². The van der Waals surface area contributed by atoms with Gasteiger partial charge in [0.25, 0.3) is 0 Å². The zero-order valence-corrected chi connectivity index (χ0v) is 12.6. The Morgan fingerprint density at radius 1 is 1.39 bits per heavy atom. The number of hydrogen-bond acceptors (Lipinski definition) is 2. The monoisotopic (exact) mass is 329 g/mol. The fraction of sp³-hybridized carbons (Fsp3) is 0.571. The van der Waals surface area contributed by atoms with Crippen LogP contribution in [0, 0.1) is 0 Å². The second-order valence-corrected chi connectivity index (χ2v) is 6.00. The van der Waals surface area contributed by atoms with Gasteiger partial charge < -0.3 is 9.64 Å². The smallest absolute Gasteiger partial charge is 0.0779 e. The Bertz CT molecular complexity index is 440. The van der Waals surface area contributed by atoms with Crippen molar-refractivity contribution in [2.45, 2.75) is 36.7 Å². The van der Waals surface area contributed by atoms with Crippen LogP contribution in [0.5, 0.6) is 0 Å². The Labute approximate surface area is 121 Å². The van der Waals surface area contributed by atoms with Gasteiger partial charge in [-0.25, -0.2) is 0 Å². The van der Waals surface area contributed by atoms with Crippen LogP contribution in [-0.4, -0.2) is 25.3 Å². The largest absolute Gasteiger partial charge is 0.374 e. The van der Waals surface area contributed by atoms with Crippen molar-refractivity contribution < 1.29 is 4.74 Å². The molecular formula is C14H17BrClNO. The quantitative estimate of drug-likeness (QED) is 0.760. The summed E-state index contributed by atoms with van der Waals surface area (Å²) < 4.78 is 5.87. The first-order valence-corrected chi connectivity index (χ1v) is 8.02. The molecular weight excluding hydrogens is 314 g/mol. The summed E-state index contributed by atoms with van der Waals surface area (Å²) in [4.78, 5) is 2.52. The van der Waals surface area contributed by atoms with E-state index >= 15 is 0 Å². The second kappa shape index (κ2) is 5.40. The van der Waals surface area contributed by atoms with Crippen molar-refractivity contribution in [1.29, 1.82) is 0 Å². The van der Waals surface area contributed by atoms with Crippen molar-refractivity contribution in [2.24, 2.45) is 0 Å². The first-order chi connectivity index (χ1) is 8.79. The number of fused-ring (bicyclic) bond motifs is 1. The van der Waals surface area contributed by atoms with Gasteiger partial charge >= 0.3 is 0 Å². The van der Waals surface area contributed by atoms with Gasteiger partial charge in [-0.15, -0.1) is 0 Å². The molecule has 2 nitrogen and oxygen atoms in total. The van der Waals surface area contributed by atoms with Gasteiger partial charge in [0.2, 0.25) is 0 Å². The van der Waals surface area contributed by atoms with E-state index in [1.165, 1.54) is 30.5 Å². The third-order valence-corrected chi connectivity index (χ3v) is 4.82. The molecule has 0 spiro atoms. The first kappa shape index (κ1) is 12.8. The average Bonchev–Trinajstić information content (AvgIpc) is 2.86. The van der Waals surface area contributed by atoms with E-state index in [0.717, 1.165) is 23.5 Å². The van der Waals surface area contributed by atoms with Gasteiger partial charge in [-0.1, -0.05) is 27.5 Å². The van der Waals surface area contributed by atoms with E-state index in [4.69, 9.17) is 16.3 Å². The van der Waals surface area contributed by atoms with Gasteiger partial charge in [0.1, 0.15) is 0 Å². The zero-order chi connectivity index (χ0) is 12.5. The Morgan fingerprint density at radius 3 is 3.11 bits per heavy atom. The molecule has 1 aromatic carbocycles. The van der Waals surface area contributed by atoms with Crippen molar-refractivity contribution in [3.63, 3.8) is 0 Å². The molecule has 0 aromatic heterocycles. The summed E-state index contributed by atoms with van der Waals surface area (Å²) in [6.45, 7) is 1.83. The molecule has 0 radical (unpaired) electrons. The van der Waals surface area contributed by atoms with Gasteiger partial charge in [-0.2, -0.15) is 0 Å². The molecule has 2 aliphatic rings. The van der Waals surface area contributed by atoms with Crippen LogP contribution in [0.4, 0.5) is 5.69 Å². The van der Waals surface area contributed by atoms with Crippen LogP contribution >= 0.6 is 27.5 Å². The van der Waals surface area contributed by atoms with E-state index in [0.29, 0.717) is 12.1 Å². The van der Waals surface area contributed by atoms with Crippen molar-refractivity contribution in [1.82, 2.24) is 0 Å². The number of alkyl halides is 1. The summed E-state index contributed by atoms with van der Waals surface area (Å²) in [5.74, 6) is 0.